The Bertz CT molecular complexity index is 365. The van der Waals surface area contributed by atoms with E-state index in [4.69, 9.17) is 14.7 Å². The third-order valence-electron chi connectivity index (χ3n) is 1.78. The lowest BCUT2D eigenvalue weighted by Gasteiger charge is -1.91. The summed E-state index contributed by atoms with van der Waals surface area (Å²) >= 11 is 0. The molecule has 4 nitrogen and oxygen atoms in total. The van der Waals surface area contributed by atoms with Crippen LogP contribution in [0.4, 0.5) is 5.82 Å². The van der Waals surface area contributed by atoms with Crippen LogP contribution in [0, 0.1) is 0 Å². The Kier molecular flexibility index (Phi) is 2.04. The lowest BCUT2D eigenvalue weighted by molar-refractivity contribution is 0.381. The van der Waals surface area contributed by atoms with Crippen molar-refractivity contribution < 1.29 is 8.94 Å². The third kappa shape index (κ3) is 1.90. The molecule has 0 fully saturated rings. The lowest BCUT2D eigenvalue weighted by atomic mass is 10.2. The molecule has 0 aliphatic heterocycles. The molecule has 2 N–H and O–H groups in total. The second-order valence-corrected chi connectivity index (χ2v) is 2.80. The van der Waals surface area contributed by atoms with Crippen LogP contribution in [0.5, 0.6) is 0 Å². The van der Waals surface area contributed by atoms with E-state index in [1.807, 2.05) is 12.1 Å². The molecule has 0 spiro atoms. The minimum absolute atomic E-state index is 0.425. The van der Waals surface area contributed by atoms with Gasteiger partial charge in [-0.2, -0.15) is 0 Å². The van der Waals surface area contributed by atoms with Gasteiger partial charge in [0.1, 0.15) is 11.5 Å². The molecule has 2 aromatic rings. The maximum Gasteiger partial charge on any atom is 0.167 e. The van der Waals surface area contributed by atoms with E-state index in [0.29, 0.717) is 5.82 Å². The Morgan fingerprint density at radius 1 is 1.31 bits per heavy atom. The highest BCUT2D eigenvalue weighted by Gasteiger charge is 2.02. The van der Waals surface area contributed by atoms with E-state index in [2.05, 4.69) is 5.16 Å². The van der Waals surface area contributed by atoms with Crippen molar-refractivity contribution in [1.29, 1.82) is 0 Å². The van der Waals surface area contributed by atoms with E-state index < -0.39 is 0 Å². The van der Waals surface area contributed by atoms with Gasteiger partial charge in [0.05, 0.1) is 6.26 Å². The van der Waals surface area contributed by atoms with Crippen molar-refractivity contribution in [1.82, 2.24) is 5.16 Å². The number of anilines is 1. The maximum atomic E-state index is 5.40. The molecule has 0 bridgehead atoms. The van der Waals surface area contributed by atoms with Crippen LogP contribution in [0.1, 0.15) is 11.5 Å². The Hall–Kier alpha value is -1.71. The van der Waals surface area contributed by atoms with E-state index in [9.17, 15) is 0 Å². The van der Waals surface area contributed by atoms with E-state index >= 15 is 0 Å². The summed E-state index contributed by atoms with van der Waals surface area (Å²) in [6.07, 6.45) is 3.23. The summed E-state index contributed by atoms with van der Waals surface area (Å²) in [6, 6.07) is 5.52. The predicted octanol–water partition coefficient (Wildman–Crippen LogP) is 1.64. The number of rotatable bonds is 3. The number of hydrogen-bond acceptors (Lipinski definition) is 4. The van der Waals surface area contributed by atoms with Gasteiger partial charge in [0.2, 0.25) is 0 Å². The number of nitrogen functional groups attached to an aromatic ring is 1. The highest BCUT2D eigenvalue weighted by atomic mass is 16.5. The first-order valence-corrected chi connectivity index (χ1v) is 4.08. The average Bonchev–Trinajstić information content (AvgIpc) is 2.71. The molecule has 0 aromatic carbocycles. The molecular formula is C9H10N2O2. The van der Waals surface area contributed by atoms with Crippen molar-refractivity contribution >= 4 is 5.82 Å². The molecular weight excluding hydrogens is 168 g/mol. The number of aromatic nitrogens is 1. The largest absolute Gasteiger partial charge is 0.469 e. The van der Waals surface area contributed by atoms with Gasteiger partial charge in [-0.1, -0.05) is 5.16 Å². The summed E-state index contributed by atoms with van der Waals surface area (Å²) in [7, 11) is 0. The van der Waals surface area contributed by atoms with Crippen LogP contribution in [0.3, 0.4) is 0 Å². The number of aryl methyl sites for hydroxylation is 2. The zero-order valence-corrected chi connectivity index (χ0v) is 7.06. The molecule has 4 heteroatoms. The van der Waals surface area contributed by atoms with Crippen molar-refractivity contribution in [3.8, 4) is 0 Å². The van der Waals surface area contributed by atoms with Gasteiger partial charge in [0.25, 0.3) is 0 Å². The smallest absolute Gasteiger partial charge is 0.167 e. The summed E-state index contributed by atoms with van der Waals surface area (Å²) in [5, 5.41) is 3.59. The molecule has 0 unspecified atom stereocenters. The second-order valence-electron chi connectivity index (χ2n) is 2.80. The van der Waals surface area contributed by atoms with Gasteiger partial charge in [-0.05, 0) is 12.1 Å². The molecule has 68 valence electrons. The van der Waals surface area contributed by atoms with Gasteiger partial charge >= 0.3 is 0 Å². The molecule has 13 heavy (non-hydrogen) atoms. The first-order valence-electron chi connectivity index (χ1n) is 4.08. The molecule has 0 saturated carbocycles. The van der Waals surface area contributed by atoms with E-state index in [1.165, 1.54) is 0 Å². The number of nitrogens with zero attached hydrogens (tertiary/aromatic N) is 1. The summed E-state index contributed by atoms with van der Waals surface area (Å²) in [6.45, 7) is 0. The number of hydrogen-bond donors (Lipinski definition) is 1. The van der Waals surface area contributed by atoms with Gasteiger partial charge in [0.15, 0.2) is 5.82 Å². The zero-order chi connectivity index (χ0) is 9.10. The normalized spacial score (nSPS) is 10.5. The second kappa shape index (κ2) is 3.35. The lowest BCUT2D eigenvalue weighted by Crippen LogP contribution is -1.86. The van der Waals surface area contributed by atoms with Gasteiger partial charge in [0, 0.05) is 18.9 Å². The Morgan fingerprint density at radius 3 is 2.77 bits per heavy atom. The van der Waals surface area contributed by atoms with Crippen molar-refractivity contribution in [2.45, 2.75) is 12.8 Å². The molecule has 0 aliphatic rings. The molecule has 0 saturated heterocycles. The minimum Gasteiger partial charge on any atom is -0.469 e. The van der Waals surface area contributed by atoms with Gasteiger partial charge in [-0.15, -0.1) is 0 Å². The van der Waals surface area contributed by atoms with Gasteiger partial charge in [-0.3, -0.25) is 0 Å². The van der Waals surface area contributed by atoms with Crippen LogP contribution >= 0.6 is 0 Å². The van der Waals surface area contributed by atoms with Crippen LogP contribution in [0.25, 0.3) is 0 Å². The van der Waals surface area contributed by atoms with E-state index in [0.717, 1.165) is 24.4 Å². The van der Waals surface area contributed by atoms with Crippen LogP contribution < -0.4 is 5.73 Å². The summed E-state index contributed by atoms with van der Waals surface area (Å²) in [5.74, 6) is 2.15. The molecule has 0 aliphatic carbocycles. The van der Waals surface area contributed by atoms with Gasteiger partial charge < -0.3 is 14.7 Å². The Labute approximate surface area is 75.3 Å². The fourth-order valence-corrected chi connectivity index (χ4v) is 1.15. The molecule has 2 aromatic heterocycles. The fraction of sp³-hybridized carbons (Fsp3) is 0.222. The zero-order valence-electron chi connectivity index (χ0n) is 7.06. The molecule has 2 heterocycles. The summed E-state index contributed by atoms with van der Waals surface area (Å²) in [5.41, 5.74) is 5.40. The van der Waals surface area contributed by atoms with Crippen molar-refractivity contribution in [2.24, 2.45) is 0 Å². The van der Waals surface area contributed by atoms with Crippen LogP contribution in [0.15, 0.2) is 33.4 Å². The topological polar surface area (TPSA) is 65.2 Å². The first-order chi connectivity index (χ1) is 6.34. The standard InChI is InChI=1S/C9H10N2O2/c10-9-6-8(13-11-9)4-3-7-2-1-5-12-7/h1-2,5-6H,3-4H2,(H2,10,11). The highest BCUT2D eigenvalue weighted by molar-refractivity contribution is 5.26. The van der Waals surface area contributed by atoms with Crippen molar-refractivity contribution in [3.05, 3.63) is 36.0 Å². The van der Waals surface area contributed by atoms with E-state index in [-0.39, 0.29) is 0 Å². The van der Waals surface area contributed by atoms with Crippen LogP contribution in [-0.4, -0.2) is 5.16 Å². The number of furan rings is 1. The highest BCUT2D eigenvalue weighted by Crippen LogP contribution is 2.09. The minimum atomic E-state index is 0.425. The molecule has 0 atom stereocenters. The van der Waals surface area contributed by atoms with E-state index in [1.54, 1.807) is 12.3 Å². The third-order valence-corrected chi connectivity index (χ3v) is 1.78. The van der Waals surface area contributed by atoms with Crippen LogP contribution in [-0.2, 0) is 12.8 Å². The number of nitrogens with two attached hydrogens (primary N) is 1. The summed E-state index contributed by atoms with van der Waals surface area (Å²) in [4.78, 5) is 0. The fourth-order valence-electron chi connectivity index (χ4n) is 1.15. The molecule has 0 amide bonds. The monoisotopic (exact) mass is 178 g/mol. The summed E-state index contributed by atoms with van der Waals surface area (Å²) < 4.78 is 10.1. The quantitative estimate of drug-likeness (QED) is 0.775. The first kappa shape index (κ1) is 7.91. The van der Waals surface area contributed by atoms with Crippen LogP contribution in [0.2, 0.25) is 0 Å². The van der Waals surface area contributed by atoms with Gasteiger partial charge in [-0.25, -0.2) is 0 Å². The maximum absolute atomic E-state index is 5.40. The Balaban J connectivity index is 1.93. The SMILES string of the molecule is Nc1cc(CCc2ccco2)on1. The average molecular weight is 178 g/mol. The Morgan fingerprint density at radius 2 is 2.15 bits per heavy atom. The van der Waals surface area contributed by atoms with Crippen molar-refractivity contribution in [2.75, 3.05) is 5.73 Å². The predicted molar refractivity (Wildman–Crippen MR) is 47.0 cm³/mol. The van der Waals surface area contributed by atoms with Crippen molar-refractivity contribution in [3.63, 3.8) is 0 Å². The molecule has 0 radical (unpaired) electrons. The molecule has 2 rings (SSSR count).